The summed E-state index contributed by atoms with van der Waals surface area (Å²) in [6, 6.07) is 0. The second-order valence-electron chi connectivity index (χ2n) is 7.37. The summed E-state index contributed by atoms with van der Waals surface area (Å²) in [5.74, 6) is 1.49. The van der Waals surface area contributed by atoms with Crippen molar-refractivity contribution in [2.75, 3.05) is 24.6 Å². The lowest BCUT2D eigenvalue weighted by Gasteiger charge is -2.39. The molecular formula is C16H23N3O3S. The van der Waals surface area contributed by atoms with Gasteiger partial charge >= 0.3 is 0 Å². The van der Waals surface area contributed by atoms with Crippen molar-refractivity contribution in [2.45, 2.75) is 45.1 Å². The minimum absolute atomic E-state index is 0.0322. The molecule has 1 aromatic heterocycles. The number of aryl methyl sites for hydroxylation is 2. The van der Waals surface area contributed by atoms with E-state index in [1.165, 1.54) is 0 Å². The van der Waals surface area contributed by atoms with Crippen molar-refractivity contribution in [2.24, 2.45) is 5.41 Å². The molecule has 1 aromatic rings. The molecule has 126 valence electrons. The van der Waals surface area contributed by atoms with Gasteiger partial charge in [-0.3, -0.25) is 4.79 Å². The van der Waals surface area contributed by atoms with E-state index in [1.807, 2.05) is 11.1 Å². The molecule has 0 saturated carbocycles. The lowest BCUT2D eigenvalue weighted by molar-refractivity contribution is 0.0558. The summed E-state index contributed by atoms with van der Waals surface area (Å²) < 4.78 is 25.8. The smallest absolute Gasteiger partial charge is 0.274 e. The van der Waals surface area contributed by atoms with Crippen LogP contribution >= 0.6 is 0 Å². The number of amides is 1. The van der Waals surface area contributed by atoms with E-state index in [4.69, 9.17) is 0 Å². The highest BCUT2D eigenvalue weighted by molar-refractivity contribution is 7.91. The molecule has 1 spiro atoms. The van der Waals surface area contributed by atoms with Crippen LogP contribution in [-0.2, 0) is 22.8 Å². The molecule has 23 heavy (non-hydrogen) atoms. The fourth-order valence-corrected chi connectivity index (χ4v) is 6.56. The van der Waals surface area contributed by atoms with Crippen molar-refractivity contribution in [3.8, 4) is 0 Å². The number of carbonyl (C=O) groups is 1. The molecule has 4 rings (SSSR count). The molecule has 2 saturated heterocycles. The number of piperidine rings is 1. The van der Waals surface area contributed by atoms with E-state index in [0.717, 1.165) is 44.5 Å². The first-order valence-electron chi connectivity index (χ1n) is 8.52. The maximum absolute atomic E-state index is 12.8. The van der Waals surface area contributed by atoms with E-state index in [-0.39, 0.29) is 22.8 Å². The average Bonchev–Trinajstić information content (AvgIpc) is 3.08. The summed E-state index contributed by atoms with van der Waals surface area (Å²) in [5, 5.41) is 0. The van der Waals surface area contributed by atoms with Gasteiger partial charge in [-0.1, -0.05) is 0 Å². The third-order valence-corrected chi connectivity index (χ3v) is 7.42. The number of rotatable bonds is 1. The fraction of sp³-hybridized carbons (Fsp3) is 0.750. The van der Waals surface area contributed by atoms with Crippen molar-refractivity contribution >= 4 is 15.7 Å². The molecule has 3 aliphatic heterocycles. The highest BCUT2D eigenvalue weighted by Crippen LogP contribution is 2.40. The van der Waals surface area contributed by atoms with Crippen LogP contribution in [0.5, 0.6) is 0 Å². The molecule has 7 heteroatoms. The molecule has 1 atom stereocenters. The molecule has 3 aliphatic rings. The molecular weight excluding hydrogens is 314 g/mol. The van der Waals surface area contributed by atoms with Gasteiger partial charge in [0.1, 0.15) is 11.5 Å². The topological polar surface area (TPSA) is 72.3 Å². The Labute approximate surface area is 136 Å². The largest absolute Gasteiger partial charge is 0.337 e. The Hall–Kier alpha value is -1.37. The summed E-state index contributed by atoms with van der Waals surface area (Å²) in [7, 11) is -2.93. The van der Waals surface area contributed by atoms with Gasteiger partial charge in [0.05, 0.1) is 11.5 Å². The summed E-state index contributed by atoms with van der Waals surface area (Å²) >= 11 is 0. The lowest BCUT2D eigenvalue weighted by atomic mass is 9.79. The third-order valence-electron chi connectivity index (χ3n) is 5.55. The molecule has 1 amide bonds. The fourth-order valence-electron chi connectivity index (χ4n) is 4.36. The van der Waals surface area contributed by atoms with E-state index in [9.17, 15) is 13.2 Å². The maximum Gasteiger partial charge on any atom is 0.274 e. The van der Waals surface area contributed by atoms with E-state index in [2.05, 4.69) is 9.55 Å². The summed E-state index contributed by atoms with van der Waals surface area (Å²) in [6.07, 6.45) is 7.58. The number of hydrogen-bond acceptors (Lipinski definition) is 4. The van der Waals surface area contributed by atoms with E-state index >= 15 is 0 Å². The maximum atomic E-state index is 12.8. The van der Waals surface area contributed by atoms with Gasteiger partial charge in [-0.15, -0.1) is 0 Å². The minimum atomic E-state index is -2.93. The molecule has 0 aliphatic carbocycles. The lowest BCUT2D eigenvalue weighted by Crippen LogP contribution is -2.46. The summed E-state index contributed by atoms with van der Waals surface area (Å²) in [5.41, 5.74) is 0.311. The zero-order valence-corrected chi connectivity index (χ0v) is 14.1. The minimum Gasteiger partial charge on any atom is -0.337 e. The number of sulfone groups is 1. The number of fused-ring (bicyclic) bond motifs is 1. The quantitative estimate of drug-likeness (QED) is 0.773. The number of carbonyl (C=O) groups excluding carboxylic acids is 1. The first-order valence-corrected chi connectivity index (χ1v) is 10.3. The van der Waals surface area contributed by atoms with Gasteiger partial charge < -0.3 is 9.47 Å². The van der Waals surface area contributed by atoms with E-state index < -0.39 is 9.84 Å². The molecule has 0 aromatic carbocycles. The molecule has 1 unspecified atom stereocenters. The standard InChI is InChI=1S/C16H23N3O3S/c20-15(13-10-18-7-2-1-4-14(18)17-13)19-8-3-5-16(11-19)6-9-23(21,22)12-16/h10H,1-9,11-12H2. The molecule has 4 heterocycles. The van der Waals surface area contributed by atoms with Crippen LogP contribution in [0.1, 0.15) is 48.4 Å². The highest BCUT2D eigenvalue weighted by atomic mass is 32.2. The highest BCUT2D eigenvalue weighted by Gasteiger charge is 2.45. The van der Waals surface area contributed by atoms with Crippen LogP contribution in [0.4, 0.5) is 0 Å². The summed E-state index contributed by atoms with van der Waals surface area (Å²) in [4.78, 5) is 19.2. The predicted octanol–water partition coefficient (Wildman–Crippen LogP) is 1.26. The first kappa shape index (κ1) is 15.2. The summed E-state index contributed by atoms with van der Waals surface area (Å²) in [6.45, 7) is 2.22. The normalized spacial score (nSPS) is 29.7. The Bertz CT molecular complexity index is 716. The SMILES string of the molecule is O=C(c1cn2c(n1)CCCC2)N1CCCC2(CCS(=O)(=O)C2)C1. The van der Waals surface area contributed by atoms with Gasteiger partial charge in [-0.2, -0.15) is 0 Å². The number of nitrogens with zero attached hydrogens (tertiary/aromatic N) is 3. The van der Waals surface area contributed by atoms with Crippen LogP contribution in [-0.4, -0.2) is 53.4 Å². The molecule has 0 radical (unpaired) electrons. The van der Waals surface area contributed by atoms with Gasteiger partial charge in [0, 0.05) is 37.7 Å². The number of aromatic nitrogens is 2. The van der Waals surface area contributed by atoms with Gasteiger partial charge in [-0.25, -0.2) is 13.4 Å². The van der Waals surface area contributed by atoms with Crippen molar-refractivity contribution in [1.29, 1.82) is 0 Å². The zero-order chi connectivity index (χ0) is 16.1. The molecule has 0 N–H and O–H groups in total. The number of imidazole rings is 1. The van der Waals surface area contributed by atoms with Crippen LogP contribution in [0.2, 0.25) is 0 Å². The Balaban J connectivity index is 1.53. The van der Waals surface area contributed by atoms with Crippen LogP contribution in [0.25, 0.3) is 0 Å². The van der Waals surface area contributed by atoms with Crippen LogP contribution in [0, 0.1) is 5.41 Å². The van der Waals surface area contributed by atoms with Gasteiger partial charge in [0.2, 0.25) is 0 Å². The Morgan fingerprint density at radius 2 is 2.04 bits per heavy atom. The molecule has 2 fully saturated rings. The number of hydrogen-bond donors (Lipinski definition) is 0. The average molecular weight is 337 g/mol. The Morgan fingerprint density at radius 3 is 2.78 bits per heavy atom. The van der Waals surface area contributed by atoms with E-state index in [1.54, 1.807) is 0 Å². The molecule has 6 nitrogen and oxygen atoms in total. The van der Waals surface area contributed by atoms with Crippen LogP contribution in [0.15, 0.2) is 6.20 Å². The van der Waals surface area contributed by atoms with Gasteiger partial charge in [0.25, 0.3) is 5.91 Å². The second-order valence-corrected chi connectivity index (χ2v) is 9.55. The van der Waals surface area contributed by atoms with Gasteiger partial charge in [-0.05, 0) is 32.1 Å². The van der Waals surface area contributed by atoms with Crippen LogP contribution in [0.3, 0.4) is 0 Å². The van der Waals surface area contributed by atoms with Crippen molar-refractivity contribution in [3.05, 3.63) is 17.7 Å². The monoisotopic (exact) mass is 337 g/mol. The van der Waals surface area contributed by atoms with E-state index in [0.29, 0.717) is 25.2 Å². The van der Waals surface area contributed by atoms with Crippen molar-refractivity contribution < 1.29 is 13.2 Å². The van der Waals surface area contributed by atoms with Crippen LogP contribution < -0.4 is 0 Å². The predicted molar refractivity (Wildman–Crippen MR) is 86.0 cm³/mol. The first-order chi connectivity index (χ1) is 11.0. The Kier molecular flexibility index (Phi) is 3.51. The number of likely N-dealkylation sites (tertiary alicyclic amines) is 1. The molecule has 0 bridgehead atoms. The third kappa shape index (κ3) is 2.79. The Morgan fingerprint density at radius 1 is 1.17 bits per heavy atom. The second kappa shape index (κ2) is 5.33. The van der Waals surface area contributed by atoms with Crippen molar-refractivity contribution in [1.82, 2.24) is 14.5 Å². The zero-order valence-electron chi connectivity index (χ0n) is 13.3. The van der Waals surface area contributed by atoms with Crippen molar-refractivity contribution in [3.63, 3.8) is 0 Å². The van der Waals surface area contributed by atoms with Gasteiger partial charge in [0.15, 0.2) is 9.84 Å².